The van der Waals surface area contributed by atoms with Gasteiger partial charge in [-0.25, -0.2) is 4.99 Å². The lowest BCUT2D eigenvalue weighted by Crippen LogP contribution is -2.15. The lowest BCUT2D eigenvalue weighted by Gasteiger charge is -2.15. The van der Waals surface area contributed by atoms with Crippen LogP contribution in [0.2, 0.25) is 0 Å². The fourth-order valence-corrected chi connectivity index (χ4v) is 1.32. The minimum atomic E-state index is 0.150. The van der Waals surface area contributed by atoms with Gasteiger partial charge in [0.25, 0.3) is 0 Å². The van der Waals surface area contributed by atoms with Crippen LogP contribution in [0.25, 0.3) is 0 Å². The van der Waals surface area contributed by atoms with Crippen LogP contribution in [0.1, 0.15) is 20.8 Å². The Bertz CT molecular complexity index is 188. The molecule has 1 N–H and O–H groups in total. The fraction of sp³-hybridized carbons (Fsp3) is 0.571. The van der Waals surface area contributed by atoms with Gasteiger partial charge in [0, 0.05) is 17.4 Å². The van der Waals surface area contributed by atoms with Crippen molar-refractivity contribution in [1.29, 1.82) is 0 Å². The second-order valence-electron chi connectivity index (χ2n) is 3.32. The molecule has 0 radical (unpaired) electrons. The quantitative estimate of drug-likeness (QED) is 0.543. The molecule has 2 nitrogen and oxygen atoms in total. The molecule has 1 heterocycles. The number of nitrogens with one attached hydrogen (secondary N) is 1. The van der Waals surface area contributed by atoms with Gasteiger partial charge in [0.05, 0.1) is 0 Å². The maximum atomic E-state index is 4.23. The van der Waals surface area contributed by atoms with E-state index >= 15 is 0 Å². The molecule has 3 heteroatoms. The number of rotatable bonds is 0. The van der Waals surface area contributed by atoms with E-state index in [1.807, 2.05) is 0 Å². The van der Waals surface area contributed by atoms with E-state index in [2.05, 4.69) is 37.1 Å². The van der Waals surface area contributed by atoms with Crippen molar-refractivity contribution in [3.05, 3.63) is 12.4 Å². The highest BCUT2D eigenvalue weighted by atomic mass is 32.2. The van der Waals surface area contributed by atoms with Gasteiger partial charge in [-0.2, -0.15) is 0 Å². The Morgan fingerprint density at radius 1 is 1.50 bits per heavy atom. The molecule has 1 aliphatic rings. The Morgan fingerprint density at radius 2 is 2.10 bits per heavy atom. The first kappa shape index (κ1) is 7.66. The number of hydrogen-bond donors (Lipinski definition) is 1. The maximum Gasteiger partial charge on any atom is 0.129 e. The van der Waals surface area contributed by atoms with Crippen molar-refractivity contribution in [2.24, 2.45) is 10.4 Å². The predicted octanol–water partition coefficient (Wildman–Crippen LogP) is 2.15. The summed E-state index contributed by atoms with van der Waals surface area (Å²) in [6.45, 7) is 10.1. The van der Waals surface area contributed by atoms with Gasteiger partial charge < -0.3 is 4.72 Å². The van der Waals surface area contributed by atoms with Crippen molar-refractivity contribution in [2.75, 3.05) is 0 Å². The topological polar surface area (TPSA) is 24.4 Å². The highest BCUT2D eigenvalue weighted by Crippen LogP contribution is 2.28. The molecule has 0 fully saturated rings. The molecule has 1 rings (SSSR count). The van der Waals surface area contributed by atoms with Gasteiger partial charge in [-0.05, 0) is 0 Å². The van der Waals surface area contributed by atoms with Crippen LogP contribution in [-0.2, 0) is 0 Å². The molecule has 56 valence electrons. The average Bonchev–Trinajstić information content (AvgIpc) is 2.11. The van der Waals surface area contributed by atoms with Gasteiger partial charge >= 0.3 is 0 Å². The first-order chi connectivity index (χ1) is 4.50. The van der Waals surface area contributed by atoms with Gasteiger partial charge in [0.1, 0.15) is 10.9 Å². The summed E-state index contributed by atoms with van der Waals surface area (Å²) < 4.78 is 2.99. The highest BCUT2D eigenvalue weighted by molar-refractivity contribution is 8.12. The van der Waals surface area contributed by atoms with Gasteiger partial charge in [0.15, 0.2) is 0 Å². The van der Waals surface area contributed by atoms with E-state index in [-0.39, 0.29) is 5.41 Å². The van der Waals surface area contributed by atoms with Gasteiger partial charge in [-0.3, -0.25) is 0 Å². The Hall–Kier alpha value is -0.440. The molecule has 0 unspecified atom stereocenters. The third-order valence-electron chi connectivity index (χ3n) is 1.14. The molecule has 1 aliphatic heterocycles. The summed E-state index contributed by atoms with van der Waals surface area (Å²) in [4.78, 5) is 4.23. The van der Waals surface area contributed by atoms with Crippen molar-refractivity contribution >= 4 is 17.0 Å². The van der Waals surface area contributed by atoms with Crippen LogP contribution in [0.3, 0.4) is 0 Å². The van der Waals surface area contributed by atoms with Gasteiger partial charge in [-0.1, -0.05) is 27.4 Å². The second-order valence-corrected chi connectivity index (χ2v) is 4.11. The van der Waals surface area contributed by atoms with Crippen LogP contribution in [0, 0.1) is 5.41 Å². The van der Waals surface area contributed by atoms with Gasteiger partial charge in [0.2, 0.25) is 0 Å². The van der Waals surface area contributed by atoms with Crippen molar-refractivity contribution in [1.82, 2.24) is 4.72 Å². The van der Waals surface area contributed by atoms with E-state index < -0.39 is 0 Å². The van der Waals surface area contributed by atoms with Crippen LogP contribution in [0.15, 0.2) is 17.4 Å². The van der Waals surface area contributed by atoms with Crippen molar-refractivity contribution in [3.63, 3.8) is 0 Å². The van der Waals surface area contributed by atoms with Crippen molar-refractivity contribution < 1.29 is 0 Å². The largest absolute Gasteiger partial charge is 0.310 e. The second kappa shape index (κ2) is 2.31. The third-order valence-corrected chi connectivity index (χ3v) is 2.38. The molecule has 0 bridgehead atoms. The number of hydrogen-bond acceptors (Lipinski definition) is 3. The summed E-state index contributed by atoms with van der Waals surface area (Å²) in [6.07, 6.45) is 0. The summed E-state index contributed by atoms with van der Waals surface area (Å²) in [5, 5.41) is 1.11. The molecule has 0 spiro atoms. The van der Waals surface area contributed by atoms with Crippen LogP contribution in [0.5, 0.6) is 0 Å². The van der Waals surface area contributed by atoms with E-state index in [0.717, 1.165) is 10.9 Å². The van der Waals surface area contributed by atoms with Crippen LogP contribution < -0.4 is 4.72 Å². The zero-order valence-corrected chi connectivity index (χ0v) is 7.38. The first-order valence-electron chi connectivity index (χ1n) is 3.21. The summed E-state index contributed by atoms with van der Waals surface area (Å²) in [5.41, 5.74) is 0.150. The van der Waals surface area contributed by atoms with E-state index in [1.54, 1.807) is 11.9 Å². The third kappa shape index (κ3) is 1.53. The monoisotopic (exact) mass is 156 g/mol. The SMILES string of the molecule is C=C1N=C(C(C)(C)C)SN1. The van der Waals surface area contributed by atoms with Crippen molar-refractivity contribution in [3.8, 4) is 0 Å². The lowest BCUT2D eigenvalue weighted by molar-refractivity contribution is 0.602. The van der Waals surface area contributed by atoms with Crippen molar-refractivity contribution in [2.45, 2.75) is 20.8 Å². The minimum Gasteiger partial charge on any atom is -0.310 e. The van der Waals surface area contributed by atoms with E-state index in [0.29, 0.717) is 0 Å². The van der Waals surface area contributed by atoms with E-state index in [4.69, 9.17) is 0 Å². The molecule has 0 aromatic rings. The zero-order valence-electron chi connectivity index (χ0n) is 6.56. The maximum absolute atomic E-state index is 4.23. The smallest absolute Gasteiger partial charge is 0.129 e. The molecule has 0 aromatic heterocycles. The standard InChI is InChI=1S/C7H12N2S/c1-5-8-6(10-9-5)7(2,3)4/h9H,1H2,2-4H3. The Labute approximate surface area is 65.9 Å². The summed E-state index contributed by atoms with van der Waals surface area (Å²) in [6, 6.07) is 0. The molecule has 0 atom stereocenters. The molecule has 0 amide bonds. The summed E-state index contributed by atoms with van der Waals surface area (Å²) in [5.74, 6) is 0.759. The first-order valence-corrected chi connectivity index (χ1v) is 4.03. The van der Waals surface area contributed by atoms with Gasteiger partial charge in [-0.15, -0.1) is 0 Å². The average molecular weight is 156 g/mol. The molecule has 0 aliphatic carbocycles. The molecule has 0 aromatic carbocycles. The number of nitrogens with zero attached hydrogens (tertiary/aromatic N) is 1. The van der Waals surface area contributed by atoms with E-state index in [1.165, 1.54) is 0 Å². The normalized spacial score (nSPS) is 18.7. The molecular formula is C7H12N2S. The molecule has 0 saturated heterocycles. The molecular weight excluding hydrogens is 144 g/mol. The molecule has 10 heavy (non-hydrogen) atoms. The van der Waals surface area contributed by atoms with Crippen LogP contribution in [-0.4, -0.2) is 5.04 Å². The Morgan fingerprint density at radius 3 is 2.30 bits per heavy atom. The highest BCUT2D eigenvalue weighted by Gasteiger charge is 2.23. The molecule has 0 saturated carbocycles. The predicted molar refractivity (Wildman–Crippen MR) is 46.8 cm³/mol. The Kier molecular flexibility index (Phi) is 1.77. The van der Waals surface area contributed by atoms with Crippen LogP contribution in [0.4, 0.5) is 0 Å². The minimum absolute atomic E-state index is 0.150. The van der Waals surface area contributed by atoms with E-state index in [9.17, 15) is 0 Å². The number of aliphatic imine (C=N–C) groups is 1. The lowest BCUT2D eigenvalue weighted by atomic mass is 9.99. The Balaban J connectivity index is 2.76. The fourth-order valence-electron chi connectivity index (χ4n) is 0.596. The zero-order chi connectivity index (χ0) is 7.78. The summed E-state index contributed by atoms with van der Waals surface area (Å²) >= 11 is 1.56. The van der Waals surface area contributed by atoms with Crippen LogP contribution >= 0.6 is 11.9 Å². The summed E-state index contributed by atoms with van der Waals surface area (Å²) in [7, 11) is 0.